The number of nitrogens with one attached hydrogen (secondary N) is 4. The summed E-state index contributed by atoms with van der Waals surface area (Å²) in [5, 5.41) is 7.02. The first kappa shape index (κ1) is 26.1. The van der Waals surface area contributed by atoms with E-state index in [0.29, 0.717) is 17.2 Å². The van der Waals surface area contributed by atoms with Crippen LogP contribution in [-0.4, -0.2) is 48.2 Å². The molecule has 0 saturated heterocycles. The fourth-order valence-corrected chi connectivity index (χ4v) is 6.74. The molecular formula is C24H32N6O4S2. The van der Waals surface area contributed by atoms with Crippen LogP contribution in [0.4, 0.5) is 16.4 Å². The van der Waals surface area contributed by atoms with Gasteiger partial charge in [0, 0.05) is 48.3 Å². The summed E-state index contributed by atoms with van der Waals surface area (Å²) in [7, 11) is -3.73. The number of benzene rings is 1. The topological polar surface area (TPSA) is 138 Å². The van der Waals surface area contributed by atoms with E-state index in [9.17, 15) is 13.2 Å². The molecule has 1 amide bonds. The predicted molar refractivity (Wildman–Crippen MR) is 140 cm³/mol. The van der Waals surface area contributed by atoms with Crippen molar-refractivity contribution in [3.05, 3.63) is 41.8 Å². The summed E-state index contributed by atoms with van der Waals surface area (Å²) in [6, 6.07) is 5.34. The average Bonchev–Trinajstić information content (AvgIpc) is 3.51. The fraction of sp³-hybridized carbons (Fsp3) is 0.458. The monoisotopic (exact) mass is 532 g/mol. The van der Waals surface area contributed by atoms with E-state index in [1.54, 1.807) is 37.6 Å². The lowest BCUT2D eigenvalue weighted by atomic mass is 9.86. The third-order valence-corrected chi connectivity index (χ3v) is 8.68. The molecule has 10 nitrogen and oxygen atoms in total. The van der Waals surface area contributed by atoms with E-state index in [1.165, 1.54) is 11.3 Å². The van der Waals surface area contributed by atoms with Gasteiger partial charge >= 0.3 is 6.09 Å². The number of alkyl carbamates (subject to hydrolysis) is 1. The maximum Gasteiger partial charge on any atom is 0.407 e. The number of sulfonamides is 1. The normalized spacial score (nSPS) is 18.2. The predicted octanol–water partition coefficient (Wildman–Crippen LogP) is 4.74. The molecule has 0 aliphatic heterocycles. The van der Waals surface area contributed by atoms with Crippen molar-refractivity contribution in [3.63, 3.8) is 0 Å². The molecule has 0 atom stereocenters. The Morgan fingerprint density at radius 1 is 1.22 bits per heavy atom. The molecule has 0 unspecified atom stereocenters. The molecule has 3 aromatic rings. The molecule has 0 bridgehead atoms. The standard InChI is InChI=1S/C24H32N6O4S2/c1-4-28-36(32,33)21-13-18(29-23-25-11-12-26-23)9-10-19(21)20-14-27-22(35-20)16-5-7-17(8-6-16)30-24(31)34-15(2)3/h9-17,28H,4-8H2,1-3H3,(H,30,31)(H2,25,26,29)/t16-,17-. The molecule has 12 heteroatoms. The maximum atomic E-state index is 13.1. The average molecular weight is 533 g/mol. The van der Waals surface area contributed by atoms with E-state index in [1.807, 2.05) is 19.9 Å². The van der Waals surface area contributed by atoms with Crippen molar-refractivity contribution < 1.29 is 17.9 Å². The van der Waals surface area contributed by atoms with Gasteiger partial charge in [0.15, 0.2) is 0 Å². The van der Waals surface area contributed by atoms with E-state index in [-0.39, 0.29) is 35.6 Å². The van der Waals surface area contributed by atoms with E-state index in [2.05, 4.69) is 30.3 Å². The van der Waals surface area contributed by atoms with Crippen LogP contribution in [0, 0.1) is 0 Å². The number of rotatable bonds is 9. The Morgan fingerprint density at radius 3 is 2.67 bits per heavy atom. The van der Waals surface area contributed by atoms with Crippen LogP contribution < -0.4 is 15.4 Å². The minimum Gasteiger partial charge on any atom is -0.447 e. The van der Waals surface area contributed by atoms with Gasteiger partial charge in [-0.05, 0) is 51.7 Å². The molecule has 4 N–H and O–H groups in total. The van der Waals surface area contributed by atoms with Crippen molar-refractivity contribution in [2.75, 3.05) is 11.9 Å². The van der Waals surface area contributed by atoms with E-state index >= 15 is 0 Å². The van der Waals surface area contributed by atoms with Crippen LogP contribution in [-0.2, 0) is 14.8 Å². The van der Waals surface area contributed by atoms with Crippen LogP contribution in [0.1, 0.15) is 57.4 Å². The second-order valence-corrected chi connectivity index (χ2v) is 11.8. The van der Waals surface area contributed by atoms with Crippen molar-refractivity contribution in [1.82, 2.24) is 25.0 Å². The summed E-state index contributed by atoms with van der Waals surface area (Å²) in [5.74, 6) is 0.800. The van der Waals surface area contributed by atoms with Gasteiger partial charge in [0.05, 0.1) is 20.9 Å². The molecule has 1 saturated carbocycles. The summed E-state index contributed by atoms with van der Waals surface area (Å²) in [6.45, 7) is 5.69. The third-order valence-electron chi connectivity index (χ3n) is 5.90. The lowest BCUT2D eigenvalue weighted by Gasteiger charge is -2.28. The number of anilines is 2. The molecule has 1 aromatic carbocycles. The molecule has 194 valence electrons. The molecule has 2 heterocycles. The Labute approximate surface area is 215 Å². The zero-order valence-corrected chi connectivity index (χ0v) is 22.2. The van der Waals surface area contributed by atoms with Crippen molar-refractivity contribution in [1.29, 1.82) is 0 Å². The van der Waals surface area contributed by atoms with Crippen LogP contribution >= 0.6 is 11.3 Å². The summed E-state index contributed by atoms with van der Waals surface area (Å²) in [5.41, 5.74) is 1.22. The van der Waals surface area contributed by atoms with Crippen LogP contribution in [0.5, 0.6) is 0 Å². The minimum absolute atomic E-state index is 0.0954. The first-order chi connectivity index (χ1) is 17.2. The number of amides is 1. The Balaban J connectivity index is 1.51. The first-order valence-electron chi connectivity index (χ1n) is 12.1. The molecular weight excluding hydrogens is 500 g/mol. The highest BCUT2D eigenvalue weighted by Crippen LogP contribution is 2.40. The summed E-state index contributed by atoms with van der Waals surface area (Å²) >= 11 is 1.52. The largest absolute Gasteiger partial charge is 0.447 e. The Kier molecular flexibility index (Phi) is 8.27. The van der Waals surface area contributed by atoms with Gasteiger partial charge in [-0.3, -0.25) is 0 Å². The number of ether oxygens (including phenoxy) is 1. The van der Waals surface area contributed by atoms with Gasteiger partial charge in [-0.2, -0.15) is 0 Å². The van der Waals surface area contributed by atoms with Gasteiger partial charge in [0.25, 0.3) is 0 Å². The minimum atomic E-state index is -3.73. The van der Waals surface area contributed by atoms with Crippen molar-refractivity contribution >= 4 is 39.1 Å². The summed E-state index contributed by atoms with van der Waals surface area (Å²) in [6.07, 6.45) is 8.03. The third kappa shape index (κ3) is 6.42. The summed E-state index contributed by atoms with van der Waals surface area (Å²) in [4.78, 5) is 24.6. The molecule has 1 aliphatic carbocycles. The van der Waals surface area contributed by atoms with E-state index in [4.69, 9.17) is 4.74 Å². The van der Waals surface area contributed by atoms with Gasteiger partial charge in [-0.15, -0.1) is 11.3 Å². The Hall–Kier alpha value is -2.96. The van der Waals surface area contributed by atoms with Crippen LogP contribution in [0.2, 0.25) is 0 Å². The van der Waals surface area contributed by atoms with Gasteiger partial charge in [0.2, 0.25) is 16.0 Å². The number of aromatic nitrogens is 3. The van der Waals surface area contributed by atoms with Crippen LogP contribution in [0.15, 0.2) is 41.7 Å². The summed E-state index contributed by atoms with van der Waals surface area (Å²) < 4.78 is 33.9. The van der Waals surface area contributed by atoms with E-state index in [0.717, 1.165) is 35.6 Å². The Morgan fingerprint density at radius 2 is 2.00 bits per heavy atom. The number of nitrogens with zero attached hydrogens (tertiary/aromatic N) is 2. The maximum absolute atomic E-state index is 13.1. The number of imidazole rings is 1. The van der Waals surface area contributed by atoms with Crippen LogP contribution in [0.25, 0.3) is 10.4 Å². The number of hydrogen-bond donors (Lipinski definition) is 4. The number of hydrogen-bond acceptors (Lipinski definition) is 8. The van der Waals surface area contributed by atoms with Crippen LogP contribution in [0.3, 0.4) is 0 Å². The number of carbonyl (C=O) groups is 1. The quantitative estimate of drug-likeness (QED) is 0.312. The number of aromatic amines is 1. The number of carbonyl (C=O) groups excluding carboxylic acids is 1. The lowest BCUT2D eigenvalue weighted by molar-refractivity contribution is 0.109. The van der Waals surface area contributed by atoms with Gasteiger partial charge in [-0.25, -0.2) is 27.9 Å². The molecule has 1 aliphatic rings. The van der Waals surface area contributed by atoms with Crippen molar-refractivity contribution in [2.45, 2.75) is 69.4 Å². The molecule has 36 heavy (non-hydrogen) atoms. The first-order valence-corrected chi connectivity index (χ1v) is 14.4. The number of H-pyrrole nitrogens is 1. The van der Waals surface area contributed by atoms with Crippen molar-refractivity contribution in [2.24, 2.45) is 0 Å². The SMILES string of the molecule is CCNS(=O)(=O)c1cc(Nc2ncc[nH]2)ccc1-c1cnc([C@H]2CC[C@H](NC(=O)OC(C)C)CC2)s1. The lowest BCUT2D eigenvalue weighted by Crippen LogP contribution is -2.38. The van der Waals surface area contributed by atoms with Gasteiger partial charge < -0.3 is 20.4 Å². The second-order valence-electron chi connectivity index (χ2n) is 8.98. The number of thiazole rings is 1. The molecule has 2 aromatic heterocycles. The zero-order valence-electron chi connectivity index (χ0n) is 20.6. The zero-order chi connectivity index (χ0) is 25.7. The fourth-order valence-electron chi connectivity index (χ4n) is 4.26. The van der Waals surface area contributed by atoms with Crippen molar-refractivity contribution in [3.8, 4) is 10.4 Å². The molecule has 0 spiro atoms. The highest BCUT2D eigenvalue weighted by molar-refractivity contribution is 7.89. The second kappa shape index (κ2) is 11.4. The molecule has 0 radical (unpaired) electrons. The smallest absolute Gasteiger partial charge is 0.407 e. The van der Waals surface area contributed by atoms with Gasteiger partial charge in [0.1, 0.15) is 0 Å². The highest BCUT2D eigenvalue weighted by atomic mass is 32.2. The van der Waals surface area contributed by atoms with Gasteiger partial charge in [-0.1, -0.05) is 13.0 Å². The molecule has 1 fully saturated rings. The Bertz CT molecular complexity index is 1270. The van der Waals surface area contributed by atoms with E-state index < -0.39 is 10.0 Å². The highest BCUT2D eigenvalue weighted by Gasteiger charge is 2.27. The molecule has 4 rings (SSSR count).